The number of rotatable bonds is 4. The second-order valence-electron chi connectivity index (χ2n) is 8.65. The molecule has 0 radical (unpaired) electrons. The summed E-state index contributed by atoms with van der Waals surface area (Å²) in [7, 11) is 0. The van der Waals surface area contributed by atoms with Crippen LogP contribution in [-0.2, 0) is 24.0 Å². The number of urea groups is 1. The molecule has 5 nitrogen and oxygen atoms in total. The van der Waals surface area contributed by atoms with Gasteiger partial charge in [-0.25, -0.2) is 14.0 Å². The maximum absolute atomic E-state index is 13.7. The van der Waals surface area contributed by atoms with E-state index in [-0.39, 0.29) is 24.5 Å². The van der Waals surface area contributed by atoms with Crippen LogP contribution >= 0.6 is 11.3 Å². The lowest BCUT2D eigenvalue weighted by Crippen LogP contribution is -2.42. The van der Waals surface area contributed by atoms with E-state index >= 15 is 0 Å². The van der Waals surface area contributed by atoms with Gasteiger partial charge in [0.2, 0.25) is 0 Å². The van der Waals surface area contributed by atoms with Gasteiger partial charge in [0.25, 0.3) is 0 Å². The van der Waals surface area contributed by atoms with Crippen LogP contribution in [0.1, 0.15) is 62.6 Å². The number of nitrogens with zero attached hydrogens (tertiary/aromatic N) is 1. The van der Waals surface area contributed by atoms with Crippen molar-refractivity contribution in [3.63, 3.8) is 0 Å². The first-order valence-electron chi connectivity index (χ1n) is 11.8. The van der Waals surface area contributed by atoms with Crippen molar-refractivity contribution >= 4 is 29.0 Å². The molecule has 34 heavy (non-hydrogen) atoms. The van der Waals surface area contributed by atoms with Crippen LogP contribution in [0.5, 0.6) is 0 Å². The lowest BCUT2D eigenvalue weighted by atomic mass is 9.88. The first-order valence-corrected chi connectivity index (χ1v) is 12.6. The Morgan fingerprint density at radius 2 is 1.82 bits per heavy atom. The third-order valence-electron chi connectivity index (χ3n) is 6.59. The average molecular weight is 479 g/mol. The molecular formula is C27H27FN2O3S. The topological polar surface area (TPSA) is 58.6 Å². The van der Waals surface area contributed by atoms with E-state index in [2.05, 4.69) is 5.32 Å². The van der Waals surface area contributed by atoms with Crippen molar-refractivity contribution in [3.05, 3.63) is 86.4 Å². The van der Waals surface area contributed by atoms with Gasteiger partial charge in [-0.1, -0.05) is 24.3 Å². The normalized spacial score (nSPS) is 17.0. The minimum absolute atomic E-state index is 0.256. The summed E-state index contributed by atoms with van der Waals surface area (Å²) < 4.78 is 18.9. The van der Waals surface area contributed by atoms with Gasteiger partial charge in [0.05, 0.1) is 23.9 Å². The van der Waals surface area contributed by atoms with Gasteiger partial charge in [0, 0.05) is 16.3 Å². The molecule has 5 rings (SSSR count). The van der Waals surface area contributed by atoms with Crippen LogP contribution in [0.4, 0.5) is 14.9 Å². The Balaban J connectivity index is 1.51. The predicted molar refractivity (Wildman–Crippen MR) is 131 cm³/mol. The molecular weight excluding hydrogens is 451 g/mol. The number of hydrogen-bond donors (Lipinski definition) is 1. The van der Waals surface area contributed by atoms with E-state index < -0.39 is 5.97 Å². The zero-order chi connectivity index (χ0) is 23.7. The Labute approximate surface area is 202 Å². The third kappa shape index (κ3) is 4.20. The molecule has 0 bridgehead atoms. The highest BCUT2D eigenvalue weighted by atomic mass is 32.1. The van der Waals surface area contributed by atoms with Gasteiger partial charge in [0.15, 0.2) is 0 Å². The van der Waals surface area contributed by atoms with Crippen molar-refractivity contribution in [1.82, 2.24) is 4.90 Å². The standard InChI is InChI=1S/C27H27FN2O3S/c1-2-33-26(31)21-8-3-5-9-22(21)29-27(32)30-16-15-20-19-7-4-6-10-23(19)34-25(20)24(30)17-11-13-18(28)14-12-17/h3,5,8-9,11-14,24H,2,4,6-7,10,15-16H2,1H3,(H,29,32)/t24-/m0/s1. The second-order valence-corrected chi connectivity index (χ2v) is 9.78. The van der Waals surface area contributed by atoms with E-state index in [4.69, 9.17) is 4.74 Å². The van der Waals surface area contributed by atoms with Gasteiger partial charge in [0.1, 0.15) is 5.82 Å². The van der Waals surface area contributed by atoms with Gasteiger partial charge in [-0.3, -0.25) is 0 Å². The number of esters is 1. The summed E-state index contributed by atoms with van der Waals surface area (Å²) in [5.41, 5.74) is 4.45. The molecule has 0 spiro atoms. The highest BCUT2D eigenvalue weighted by Gasteiger charge is 2.36. The zero-order valence-corrected chi connectivity index (χ0v) is 19.9. The minimum atomic E-state index is -0.472. The first kappa shape index (κ1) is 22.6. The Bertz CT molecular complexity index is 1220. The Kier molecular flexibility index (Phi) is 6.37. The molecule has 3 aromatic rings. The SMILES string of the molecule is CCOC(=O)c1ccccc1NC(=O)N1CCc2c(sc3c2CCCC3)[C@@H]1c1ccc(F)cc1. The summed E-state index contributed by atoms with van der Waals surface area (Å²) in [6.07, 6.45) is 5.37. The van der Waals surface area contributed by atoms with Crippen molar-refractivity contribution in [2.75, 3.05) is 18.5 Å². The van der Waals surface area contributed by atoms with Gasteiger partial charge in [-0.05, 0) is 80.0 Å². The highest BCUT2D eigenvalue weighted by Crippen LogP contribution is 2.45. The van der Waals surface area contributed by atoms with Crippen LogP contribution in [0, 0.1) is 5.82 Å². The molecule has 2 aliphatic rings. The molecule has 0 unspecified atom stereocenters. The van der Waals surface area contributed by atoms with Gasteiger partial charge in [-0.2, -0.15) is 0 Å². The molecule has 7 heteroatoms. The molecule has 1 atom stereocenters. The van der Waals surface area contributed by atoms with Crippen molar-refractivity contribution in [2.45, 2.75) is 45.1 Å². The number of ether oxygens (including phenoxy) is 1. The molecule has 0 saturated heterocycles. The molecule has 176 valence electrons. The first-order chi connectivity index (χ1) is 16.6. The number of nitrogens with one attached hydrogen (secondary N) is 1. The maximum atomic E-state index is 13.7. The number of anilines is 1. The van der Waals surface area contributed by atoms with Gasteiger partial charge in [-0.15, -0.1) is 11.3 Å². The molecule has 1 aliphatic carbocycles. The number of para-hydroxylation sites is 1. The van der Waals surface area contributed by atoms with Crippen molar-refractivity contribution in [3.8, 4) is 0 Å². The average Bonchev–Trinajstić information content (AvgIpc) is 3.23. The van der Waals surface area contributed by atoms with Crippen LogP contribution in [0.3, 0.4) is 0 Å². The van der Waals surface area contributed by atoms with Crippen LogP contribution < -0.4 is 5.32 Å². The Morgan fingerprint density at radius 3 is 2.62 bits per heavy atom. The van der Waals surface area contributed by atoms with E-state index in [1.54, 1.807) is 59.6 Å². The van der Waals surface area contributed by atoms with E-state index in [9.17, 15) is 14.0 Å². The van der Waals surface area contributed by atoms with Gasteiger partial charge >= 0.3 is 12.0 Å². The lowest BCUT2D eigenvalue weighted by Gasteiger charge is -2.36. The van der Waals surface area contributed by atoms with Crippen LogP contribution in [0.2, 0.25) is 0 Å². The summed E-state index contributed by atoms with van der Waals surface area (Å²) in [5, 5.41) is 2.94. The number of aryl methyl sites for hydroxylation is 1. The molecule has 1 N–H and O–H groups in total. The molecule has 0 fully saturated rings. The van der Waals surface area contributed by atoms with E-state index in [1.807, 2.05) is 0 Å². The van der Waals surface area contributed by atoms with E-state index in [0.717, 1.165) is 24.8 Å². The van der Waals surface area contributed by atoms with E-state index in [0.29, 0.717) is 17.8 Å². The molecule has 1 aliphatic heterocycles. The van der Waals surface area contributed by atoms with Crippen LogP contribution in [-0.4, -0.2) is 30.1 Å². The summed E-state index contributed by atoms with van der Waals surface area (Å²) in [6.45, 7) is 2.55. The summed E-state index contributed by atoms with van der Waals surface area (Å²) in [6, 6.07) is 12.7. The monoisotopic (exact) mass is 478 g/mol. The summed E-state index contributed by atoms with van der Waals surface area (Å²) in [5.74, 6) is -0.773. The minimum Gasteiger partial charge on any atom is -0.462 e. The fourth-order valence-corrected chi connectivity index (χ4v) is 6.60. The third-order valence-corrected chi connectivity index (χ3v) is 7.97. The lowest BCUT2D eigenvalue weighted by molar-refractivity contribution is 0.0527. The number of hydrogen-bond acceptors (Lipinski definition) is 4. The summed E-state index contributed by atoms with van der Waals surface area (Å²) in [4.78, 5) is 30.4. The molecule has 2 aromatic carbocycles. The van der Waals surface area contributed by atoms with Crippen molar-refractivity contribution in [2.24, 2.45) is 0 Å². The highest BCUT2D eigenvalue weighted by molar-refractivity contribution is 7.12. The molecule has 2 amide bonds. The van der Waals surface area contributed by atoms with Crippen LogP contribution in [0.25, 0.3) is 0 Å². The number of carbonyl (C=O) groups excluding carboxylic acids is 2. The summed E-state index contributed by atoms with van der Waals surface area (Å²) >= 11 is 1.80. The Hall–Kier alpha value is -3.19. The number of benzene rings is 2. The molecule has 0 saturated carbocycles. The predicted octanol–water partition coefficient (Wildman–Crippen LogP) is 6.12. The fourth-order valence-electron chi connectivity index (χ4n) is 5.01. The number of thiophene rings is 1. The number of carbonyl (C=O) groups is 2. The zero-order valence-electron chi connectivity index (χ0n) is 19.1. The molecule has 2 heterocycles. The molecule has 1 aromatic heterocycles. The smallest absolute Gasteiger partial charge is 0.340 e. The second kappa shape index (κ2) is 9.58. The number of halogens is 1. The van der Waals surface area contributed by atoms with Crippen molar-refractivity contribution in [1.29, 1.82) is 0 Å². The number of fused-ring (bicyclic) bond motifs is 3. The fraction of sp³-hybridized carbons (Fsp3) is 0.333. The van der Waals surface area contributed by atoms with Crippen LogP contribution in [0.15, 0.2) is 48.5 Å². The Morgan fingerprint density at radius 1 is 1.06 bits per heavy atom. The number of amides is 2. The van der Waals surface area contributed by atoms with E-state index in [1.165, 1.54) is 45.9 Å². The van der Waals surface area contributed by atoms with Gasteiger partial charge < -0.3 is 15.0 Å². The largest absolute Gasteiger partial charge is 0.462 e. The quantitative estimate of drug-likeness (QED) is 0.460. The van der Waals surface area contributed by atoms with Crippen molar-refractivity contribution < 1.29 is 18.7 Å². The maximum Gasteiger partial charge on any atom is 0.340 e.